The summed E-state index contributed by atoms with van der Waals surface area (Å²) < 4.78 is 28.7. The third-order valence-corrected chi connectivity index (χ3v) is 8.67. The molecule has 3 rings (SSSR count). The van der Waals surface area contributed by atoms with E-state index in [1.165, 1.54) is 0 Å². The number of aryl methyl sites for hydroxylation is 4. The summed E-state index contributed by atoms with van der Waals surface area (Å²) in [6.45, 7) is 8.56. The number of hydrogen-bond donors (Lipinski definition) is 2. The fourth-order valence-corrected chi connectivity index (χ4v) is 6.91. The Bertz CT molecular complexity index is 1140. The Labute approximate surface area is 203 Å². The molecule has 0 unspecified atom stereocenters. The molecule has 2 aromatic carbocycles. The van der Waals surface area contributed by atoms with Crippen LogP contribution in [0.5, 0.6) is 0 Å². The molecule has 2 aromatic rings. The fraction of sp³-hybridized carbons (Fsp3) is 0.462. The van der Waals surface area contributed by atoms with E-state index in [4.69, 9.17) is 0 Å². The molecule has 0 bridgehead atoms. The van der Waals surface area contributed by atoms with Gasteiger partial charge in [0.2, 0.25) is 10.0 Å². The van der Waals surface area contributed by atoms with Crippen LogP contribution < -0.4 is 10.6 Å². The molecule has 1 aliphatic heterocycles. The lowest BCUT2D eigenvalue weighted by molar-refractivity contribution is -0.139. The third kappa shape index (κ3) is 6.04. The normalized spacial score (nSPS) is 16.8. The molecule has 0 aromatic heterocycles. The zero-order valence-corrected chi connectivity index (χ0v) is 21.3. The highest BCUT2D eigenvalue weighted by Crippen LogP contribution is 2.31. The van der Waals surface area contributed by atoms with Gasteiger partial charge in [0, 0.05) is 25.7 Å². The first-order valence-electron chi connectivity index (χ1n) is 11.8. The summed E-state index contributed by atoms with van der Waals surface area (Å²) in [6.07, 6.45) is 2.94. The van der Waals surface area contributed by atoms with Crippen molar-refractivity contribution >= 4 is 21.8 Å². The van der Waals surface area contributed by atoms with Crippen LogP contribution in [0.4, 0.5) is 0 Å². The van der Waals surface area contributed by atoms with Gasteiger partial charge in [0.15, 0.2) is 0 Å². The highest BCUT2D eigenvalue weighted by molar-refractivity contribution is 7.89. The SMILES string of the molecule is Cc1cc(C)c(S(=O)(=O)N2CCCC[C@@H]2CCNC(=O)C(=O)NCc2ccccc2C)c(C)c1. The first-order chi connectivity index (χ1) is 16.1. The standard InChI is InChI=1S/C26H35N3O4S/c1-18-15-20(3)24(21(4)16-18)34(32,33)29-14-8-7-11-23(29)12-13-27-25(30)26(31)28-17-22-10-6-5-9-19(22)2/h5-6,9-10,15-16,23H,7-8,11-14,17H2,1-4H3,(H,27,30)(H,28,31)/t23-/m1/s1. The summed E-state index contributed by atoms with van der Waals surface area (Å²) in [7, 11) is -3.66. The Morgan fingerprint density at radius 3 is 2.26 bits per heavy atom. The Morgan fingerprint density at radius 2 is 1.59 bits per heavy atom. The minimum atomic E-state index is -3.66. The number of rotatable bonds is 7. The van der Waals surface area contributed by atoms with E-state index in [0.29, 0.717) is 17.9 Å². The first kappa shape index (κ1) is 25.9. The van der Waals surface area contributed by atoms with Crippen LogP contribution in [-0.2, 0) is 26.2 Å². The van der Waals surface area contributed by atoms with E-state index in [-0.39, 0.29) is 19.1 Å². The molecular formula is C26H35N3O4S. The maximum Gasteiger partial charge on any atom is 0.309 e. The second-order valence-electron chi connectivity index (χ2n) is 9.15. The average Bonchev–Trinajstić information content (AvgIpc) is 2.77. The van der Waals surface area contributed by atoms with Crippen LogP contribution in [0.3, 0.4) is 0 Å². The number of piperidine rings is 1. The molecule has 2 amide bonds. The molecule has 8 heteroatoms. The quantitative estimate of drug-likeness (QED) is 0.589. The molecule has 0 radical (unpaired) electrons. The Balaban J connectivity index is 1.59. The lowest BCUT2D eigenvalue weighted by atomic mass is 10.0. The molecule has 1 heterocycles. The molecular weight excluding hydrogens is 450 g/mol. The summed E-state index contributed by atoms with van der Waals surface area (Å²) in [6, 6.07) is 11.2. The van der Waals surface area contributed by atoms with Gasteiger partial charge in [-0.3, -0.25) is 9.59 Å². The molecule has 7 nitrogen and oxygen atoms in total. The second kappa shape index (κ2) is 11.1. The van der Waals surface area contributed by atoms with Crippen LogP contribution in [0.1, 0.15) is 53.5 Å². The first-order valence-corrected chi connectivity index (χ1v) is 13.3. The Hall–Kier alpha value is -2.71. The number of carbonyl (C=O) groups excluding carboxylic acids is 2. The van der Waals surface area contributed by atoms with Crippen molar-refractivity contribution < 1.29 is 18.0 Å². The predicted molar refractivity (Wildman–Crippen MR) is 133 cm³/mol. The van der Waals surface area contributed by atoms with Gasteiger partial charge in [-0.25, -0.2) is 8.42 Å². The monoisotopic (exact) mass is 485 g/mol. The van der Waals surface area contributed by atoms with Crippen molar-refractivity contribution in [1.29, 1.82) is 0 Å². The number of carbonyl (C=O) groups is 2. The molecule has 184 valence electrons. The molecule has 34 heavy (non-hydrogen) atoms. The number of sulfonamides is 1. The van der Waals surface area contributed by atoms with E-state index >= 15 is 0 Å². The molecule has 1 atom stereocenters. The zero-order chi connectivity index (χ0) is 24.9. The fourth-order valence-electron chi connectivity index (χ4n) is 4.77. The minimum Gasteiger partial charge on any atom is -0.348 e. The van der Waals surface area contributed by atoms with Crippen LogP contribution in [0, 0.1) is 27.7 Å². The van der Waals surface area contributed by atoms with E-state index in [1.54, 1.807) is 4.31 Å². The summed E-state index contributed by atoms with van der Waals surface area (Å²) in [5.74, 6) is -1.40. The Morgan fingerprint density at radius 1 is 0.941 bits per heavy atom. The van der Waals surface area contributed by atoms with Crippen LogP contribution in [0.2, 0.25) is 0 Å². The molecule has 1 fully saturated rings. The highest BCUT2D eigenvalue weighted by Gasteiger charge is 2.35. The maximum atomic E-state index is 13.6. The maximum absolute atomic E-state index is 13.6. The van der Waals surface area contributed by atoms with Gasteiger partial charge < -0.3 is 10.6 Å². The molecule has 2 N–H and O–H groups in total. The summed E-state index contributed by atoms with van der Waals surface area (Å²) in [5, 5.41) is 5.29. The Kier molecular flexibility index (Phi) is 8.49. The molecule has 0 saturated carbocycles. The van der Waals surface area contributed by atoms with E-state index in [1.807, 2.05) is 64.1 Å². The number of hydrogen-bond acceptors (Lipinski definition) is 4. The molecule has 1 aliphatic rings. The number of nitrogens with one attached hydrogen (secondary N) is 2. The highest BCUT2D eigenvalue weighted by atomic mass is 32.2. The largest absolute Gasteiger partial charge is 0.348 e. The van der Waals surface area contributed by atoms with Gasteiger partial charge in [-0.15, -0.1) is 0 Å². The van der Waals surface area contributed by atoms with Crippen molar-refractivity contribution in [3.63, 3.8) is 0 Å². The summed E-state index contributed by atoms with van der Waals surface area (Å²) in [5.41, 5.74) is 4.53. The average molecular weight is 486 g/mol. The van der Waals surface area contributed by atoms with Crippen LogP contribution in [0.25, 0.3) is 0 Å². The molecule has 0 aliphatic carbocycles. The van der Waals surface area contributed by atoms with Crippen molar-refractivity contribution in [3.8, 4) is 0 Å². The smallest absolute Gasteiger partial charge is 0.309 e. The van der Waals surface area contributed by atoms with E-state index < -0.39 is 21.8 Å². The molecule has 0 spiro atoms. The van der Waals surface area contributed by atoms with Crippen molar-refractivity contribution in [3.05, 3.63) is 64.2 Å². The van der Waals surface area contributed by atoms with Gasteiger partial charge in [-0.05, 0) is 69.2 Å². The topological polar surface area (TPSA) is 95.6 Å². The number of nitrogens with zero attached hydrogens (tertiary/aromatic N) is 1. The third-order valence-electron chi connectivity index (χ3n) is 6.41. The second-order valence-corrected chi connectivity index (χ2v) is 11.0. The van der Waals surface area contributed by atoms with E-state index in [9.17, 15) is 18.0 Å². The van der Waals surface area contributed by atoms with E-state index in [2.05, 4.69) is 10.6 Å². The minimum absolute atomic E-state index is 0.214. The lowest BCUT2D eigenvalue weighted by Crippen LogP contribution is -2.46. The van der Waals surface area contributed by atoms with Gasteiger partial charge in [-0.1, -0.05) is 48.4 Å². The van der Waals surface area contributed by atoms with Crippen LogP contribution >= 0.6 is 0 Å². The van der Waals surface area contributed by atoms with Gasteiger partial charge in [-0.2, -0.15) is 4.31 Å². The predicted octanol–water partition coefficient (Wildman–Crippen LogP) is 3.29. The number of benzene rings is 2. The van der Waals surface area contributed by atoms with Gasteiger partial charge in [0.25, 0.3) is 0 Å². The summed E-state index contributed by atoms with van der Waals surface area (Å²) in [4.78, 5) is 24.8. The lowest BCUT2D eigenvalue weighted by Gasteiger charge is -2.35. The van der Waals surface area contributed by atoms with Crippen molar-refractivity contribution in [2.75, 3.05) is 13.1 Å². The van der Waals surface area contributed by atoms with Crippen molar-refractivity contribution in [2.45, 2.75) is 70.9 Å². The van der Waals surface area contributed by atoms with Gasteiger partial charge in [0.1, 0.15) is 0 Å². The van der Waals surface area contributed by atoms with Gasteiger partial charge >= 0.3 is 11.8 Å². The van der Waals surface area contributed by atoms with Crippen molar-refractivity contribution in [1.82, 2.24) is 14.9 Å². The number of amides is 2. The van der Waals surface area contributed by atoms with Crippen molar-refractivity contribution in [2.24, 2.45) is 0 Å². The van der Waals surface area contributed by atoms with E-state index in [0.717, 1.165) is 47.1 Å². The van der Waals surface area contributed by atoms with Crippen LogP contribution in [0.15, 0.2) is 41.3 Å². The zero-order valence-electron chi connectivity index (χ0n) is 20.5. The van der Waals surface area contributed by atoms with Gasteiger partial charge in [0.05, 0.1) is 4.90 Å². The summed E-state index contributed by atoms with van der Waals surface area (Å²) >= 11 is 0. The molecule has 1 saturated heterocycles. The van der Waals surface area contributed by atoms with Crippen LogP contribution in [-0.4, -0.2) is 43.7 Å².